The highest BCUT2D eigenvalue weighted by Crippen LogP contribution is 2.27. The van der Waals surface area contributed by atoms with E-state index in [1.54, 1.807) is 18.0 Å². The molecule has 116 valence electrons. The lowest BCUT2D eigenvalue weighted by atomic mass is 10.1. The average Bonchev–Trinajstić information content (AvgIpc) is 2.41. The summed E-state index contributed by atoms with van der Waals surface area (Å²) in [6.45, 7) is 6.18. The molecule has 2 N–H and O–H groups in total. The van der Waals surface area contributed by atoms with Crippen LogP contribution in [0, 0.1) is 0 Å². The molecule has 6 heteroatoms. The van der Waals surface area contributed by atoms with Crippen molar-refractivity contribution in [3.8, 4) is 0 Å². The third kappa shape index (κ3) is 5.83. The summed E-state index contributed by atoms with van der Waals surface area (Å²) in [5.41, 5.74) is 0.796. The van der Waals surface area contributed by atoms with Crippen LogP contribution in [-0.2, 0) is 0 Å². The highest BCUT2D eigenvalue weighted by Gasteiger charge is 2.11. The van der Waals surface area contributed by atoms with Crippen LogP contribution in [0.3, 0.4) is 0 Å². The second-order valence-corrected chi connectivity index (χ2v) is 7.71. The van der Waals surface area contributed by atoms with Gasteiger partial charge in [0.1, 0.15) is 5.03 Å². The van der Waals surface area contributed by atoms with Gasteiger partial charge in [-0.15, -0.1) is 0 Å². The molecule has 3 nitrogen and oxygen atoms in total. The molecular weight excluding hydrogens is 334 g/mol. The van der Waals surface area contributed by atoms with Crippen molar-refractivity contribution in [1.82, 2.24) is 10.3 Å². The van der Waals surface area contributed by atoms with Gasteiger partial charge in [0.15, 0.2) is 5.11 Å². The Morgan fingerprint density at radius 3 is 2.36 bits per heavy atom. The van der Waals surface area contributed by atoms with Crippen LogP contribution < -0.4 is 10.6 Å². The van der Waals surface area contributed by atoms with Gasteiger partial charge in [0.2, 0.25) is 0 Å². The smallest absolute Gasteiger partial charge is 0.171 e. The maximum absolute atomic E-state index is 5.88. The van der Waals surface area contributed by atoms with Gasteiger partial charge in [-0.1, -0.05) is 23.4 Å². The fourth-order valence-electron chi connectivity index (χ4n) is 1.64. The first-order chi connectivity index (χ1) is 10.3. The second-order valence-electron chi connectivity index (χ2n) is 5.77. The van der Waals surface area contributed by atoms with Crippen LogP contribution in [0.4, 0.5) is 5.69 Å². The number of nitrogens with one attached hydrogen (secondary N) is 2. The lowest BCUT2D eigenvalue weighted by molar-refractivity contribution is 0.515. The second kappa shape index (κ2) is 7.31. The number of nitrogens with zero attached hydrogens (tertiary/aromatic N) is 1. The Labute approximate surface area is 145 Å². The largest absolute Gasteiger partial charge is 0.358 e. The predicted molar refractivity (Wildman–Crippen MR) is 98.9 cm³/mol. The van der Waals surface area contributed by atoms with Crippen LogP contribution in [-0.4, -0.2) is 15.6 Å². The fourth-order valence-corrected chi connectivity index (χ4v) is 2.95. The Morgan fingerprint density at radius 1 is 1.14 bits per heavy atom. The van der Waals surface area contributed by atoms with Crippen LogP contribution in [0.25, 0.3) is 0 Å². The van der Waals surface area contributed by atoms with Crippen molar-refractivity contribution >= 4 is 46.4 Å². The minimum absolute atomic E-state index is 0.0676. The molecule has 0 amide bonds. The van der Waals surface area contributed by atoms with Crippen LogP contribution in [0.5, 0.6) is 0 Å². The van der Waals surface area contributed by atoms with E-state index in [0.717, 1.165) is 20.6 Å². The molecule has 0 aliphatic heterocycles. The van der Waals surface area contributed by atoms with Gasteiger partial charge in [-0.05, 0) is 69.4 Å². The molecule has 0 bridgehead atoms. The van der Waals surface area contributed by atoms with E-state index < -0.39 is 0 Å². The normalized spacial score (nSPS) is 11.1. The average molecular weight is 352 g/mol. The number of hydrogen-bond donors (Lipinski definition) is 2. The van der Waals surface area contributed by atoms with Gasteiger partial charge in [0, 0.05) is 15.5 Å². The summed E-state index contributed by atoms with van der Waals surface area (Å²) < 4.78 is 0. The summed E-state index contributed by atoms with van der Waals surface area (Å²) in [5.74, 6) is 0. The number of rotatable bonds is 3. The van der Waals surface area contributed by atoms with E-state index in [-0.39, 0.29) is 5.54 Å². The molecule has 0 aliphatic carbocycles. The van der Waals surface area contributed by atoms with Gasteiger partial charge >= 0.3 is 0 Å². The van der Waals surface area contributed by atoms with E-state index in [1.807, 2.05) is 36.4 Å². The molecular formula is C16H18ClN3S2. The molecule has 0 spiro atoms. The Hall–Kier alpha value is -1.30. The molecule has 2 aromatic rings. The SMILES string of the molecule is CC(C)(C)NC(=S)Nc1ccc(Sc2ccc(Cl)cc2)nc1. The van der Waals surface area contributed by atoms with Gasteiger partial charge in [0.25, 0.3) is 0 Å². The van der Waals surface area contributed by atoms with Crippen LogP contribution in [0.1, 0.15) is 20.8 Å². The van der Waals surface area contributed by atoms with Crippen molar-refractivity contribution in [2.75, 3.05) is 5.32 Å². The van der Waals surface area contributed by atoms with E-state index in [4.69, 9.17) is 23.8 Å². The zero-order chi connectivity index (χ0) is 16.2. The van der Waals surface area contributed by atoms with Crippen LogP contribution >= 0.6 is 35.6 Å². The van der Waals surface area contributed by atoms with Crippen LogP contribution in [0.15, 0.2) is 52.5 Å². The van der Waals surface area contributed by atoms with Crippen molar-refractivity contribution in [3.05, 3.63) is 47.6 Å². The molecule has 0 unspecified atom stereocenters. The summed E-state index contributed by atoms with van der Waals surface area (Å²) in [7, 11) is 0. The van der Waals surface area contributed by atoms with Crippen molar-refractivity contribution in [1.29, 1.82) is 0 Å². The highest BCUT2D eigenvalue weighted by molar-refractivity contribution is 7.99. The summed E-state index contributed by atoms with van der Waals surface area (Å²) in [6.07, 6.45) is 1.77. The summed E-state index contributed by atoms with van der Waals surface area (Å²) in [4.78, 5) is 5.53. The maximum Gasteiger partial charge on any atom is 0.171 e. The molecule has 1 heterocycles. The quantitative estimate of drug-likeness (QED) is 0.763. The summed E-state index contributed by atoms with van der Waals surface area (Å²) >= 11 is 12.7. The number of aromatic nitrogens is 1. The number of halogens is 1. The Kier molecular flexibility index (Phi) is 5.67. The predicted octanol–water partition coefficient (Wildman–Crippen LogP) is 4.97. The molecule has 0 saturated heterocycles. The topological polar surface area (TPSA) is 37.0 Å². The highest BCUT2D eigenvalue weighted by atomic mass is 35.5. The van der Waals surface area contributed by atoms with Crippen molar-refractivity contribution in [2.45, 2.75) is 36.2 Å². The molecule has 0 saturated carbocycles. The Bertz CT molecular complexity index is 634. The Morgan fingerprint density at radius 2 is 1.82 bits per heavy atom. The van der Waals surface area contributed by atoms with E-state index in [0.29, 0.717) is 5.11 Å². The minimum Gasteiger partial charge on any atom is -0.358 e. The zero-order valence-corrected chi connectivity index (χ0v) is 15.1. The molecule has 1 aromatic carbocycles. The maximum atomic E-state index is 5.88. The van der Waals surface area contributed by atoms with E-state index >= 15 is 0 Å². The first kappa shape index (κ1) is 17.1. The zero-order valence-electron chi connectivity index (χ0n) is 12.7. The van der Waals surface area contributed by atoms with Gasteiger partial charge < -0.3 is 10.6 Å². The monoisotopic (exact) mass is 351 g/mol. The number of benzene rings is 1. The van der Waals surface area contributed by atoms with Gasteiger partial charge in [-0.25, -0.2) is 4.98 Å². The van der Waals surface area contributed by atoms with Crippen molar-refractivity contribution in [3.63, 3.8) is 0 Å². The van der Waals surface area contributed by atoms with E-state index in [1.165, 1.54) is 0 Å². The number of anilines is 1. The third-order valence-electron chi connectivity index (χ3n) is 2.52. The number of pyridine rings is 1. The van der Waals surface area contributed by atoms with Crippen LogP contribution in [0.2, 0.25) is 5.02 Å². The Balaban J connectivity index is 1.95. The minimum atomic E-state index is -0.0676. The van der Waals surface area contributed by atoms with Gasteiger partial charge in [0.05, 0.1) is 11.9 Å². The molecule has 1 aromatic heterocycles. The summed E-state index contributed by atoms with van der Waals surface area (Å²) in [6, 6.07) is 11.6. The van der Waals surface area contributed by atoms with Gasteiger partial charge in [-0.3, -0.25) is 0 Å². The summed E-state index contributed by atoms with van der Waals surface area (Å²) in [5, 5.41) is 8.57. The lowest BCUT2D eigenvalue weighted by Crippen LogP contribution is -2.42. The molecule has 2 rings (SSSR count). The molecule has 22 heavy (non-hydrogen) atoms. The standard InChI is InChI=1S/C16H18ClN3S2/c1-16(2,3)20-15(21)19-12-6-9-14(18-10-12)22-13-7-4-11(17)5-8-13/h4-10H,1-3H3,(H2,19,20,21). The molecule has 0 atom stereocenters. The molecule has 0 fully saturated rings. The third-order valence-corrected chi connectivity index (χ3v) is 3.93. The van der Waals surface area contributed by atoms with Crippen molar-refractivity contribution < 1.29 is 0 Å². The van der Waals surface area contributed by atoms with Crippen molar-refractivity contribution in [2.24, 2.45) is 0 Å². The molecule has 0 radical (unpaired) electrons. The number of hydrogen-bond acceptors (Lipinski definition) is 3. The first-order valence-electron chi connectivity index (χ1n) is 6.80. The lowest BCUT2D eigenvalue weighted by Gasteiger charge is -2.22. The van der Waals surface area contributed by atoms with E-state index in [2.05, 4.69) is 36.4 Å². The first-order valence-corrected chi connectivity index (χ1v) is 8.41. The van der Waals surface area contributed by atoms with Gasteiger partial charge in [-0.2, -0.15) is 0 Å². The van der Waals surface area contributed by atoms with E-state index in [9.17, 15) is 0 Å². The number of thiocarbonyl (C=S) groups is 1. The molecule has 0 aliphatic rings. The fraction of sp³-hybridized carbons (Fsp3) is 0.250.